The Bertz CT molecular complexity index is 1180. The minimum absolute atomic E-state index is 0.0363. The molecule has 2 heterocycles. The quantitative estimate of drug-likeness (QED) is 0.540. The monoisotopic (exact) mass is 516 g/mol. The molecule has 11 heteroatoms. The Hall–Kier alpha value is -3.16. The summed E-state index contributed by atoms with van der Waals surface area (Å²) in [6.45, 7) is 3.00. The zero-order valence-corrected chi connectivity index (χ0v) is 20.5. The first-order chi connectivity index (χ1) is 17.3. The van der Waals surface area contributed by atoms with Gasteiger partial charge in [0, 0.05) is 18.4 Å². The van der Waals surface area contributed by atoms with Gasteiger partial charge < -0.3 is 24.3 Å². The van der Waals surface area contributed by atoms with Gasteiger partial charge in [0.2, 0.25) is 5.82 Å². The lowest BCUT2D eigenvalue weighted by molar-refractivity contribution is -0.0763. The van der Waals surface area contributed by atoms with Gasteiger partial charge >= 0.3 is 6.09 Å². The average Bonchev–Trinajstić information content (AvgIpc) is 3.80. The minimum atomic E-state index is -0.869. The van der Waals surface area contributed by atoms with Crippen molar-refractivity contribution in [3.05, 3.63) is 40.9 Å². The number of nitrogens with one attached hydrogen (secondary N) is 1. The smallest absolute Gasteiger partial charge is 0.407 e. The maximum Gasteiger partial charge on any atom is 0.407 e. The molecule has 3 fully saturated rings. The molecule has 1 N–H and O–H groups in total. The summed E-state index contributed by atoms with van der Waals surface area (Å²) in [5, 5.41) is 12.0. The third kappa shape index (κ3) is 5.63. The van der Waals surface area contributed by atoms with Crippen molar-refractivity contribution in [2.45, 2.75) is 44.3 Å². The molecular weight excluding hydrogens is 491 g/mol. The van der Waals surface area contributed by atoms with E-state index in [1.165, 1.54) is 18.2 Å². The number of nitriles is 1. The predicted molar refractivity (Wildman–Crippen MR) is 125 cm³/mol. The molecular formula is C25H26ClFN4O5. The van der Waals surface area contributed by atoms with Crippen LogP contribution >= 0.6 is 11.6 Å². The number of amides is 1. The first-order valence-electron chi connectivity index (χ1n) is 11.9. The lowest BCUT2D eigenvalue weighted by Crippen LogP contribution is -2.49. The number of hydrogen-bond acceptors (Lipinski definition) is 8. The molecule has 1 aromatic carbocycles. The lowest BCUT2D eigenvalue weighted by Gasteiger charge is -2.38. The van der Waals surface area contributed by atoms with Gasteiger partial charge in [-0.15, -0.1) is 0 Å². The van der Waals surface area contributed by atoms with Gasteiger partial charge in [-0.2, -0.15) is 19.6 Å². The number of hydrogen-bond donors (Lipinski definition) is 1. The molecule has 190 valence electrons. The van der Waals surface area contributed by atoms with Crippen LogP contribution < -0.4 is 14.8 Å². The molecule has 1 aliphatic heterocycles. The highest BCUT2D eigenvalue weighted by atomic mass is 35.5. The summed E-state index contributed by atoms with van der Waals surface area (Å²) in [7, 11) is 0. The second-order valence-corrected chi connectivity index (χ2v) is 10.2. The Morgan fingerprint density at radius 3 is 2.78 bits per heavy atom. The van der Waals surface area contributed by atoms with E-state index in [0.717, 1.165) is 32.0 Å². The fraction of sp³-hybridized carbons (Fsp3) is 0.520. The van der Waals surface area contributed by atoms with Crippen LogP contribution in [0.3, 0.4) is 0 Å². The van der Waals surface area contributed by atoms with Crippen molar-refractivity contribution in [2.24, 2.45) is 17.8 Å². The number of nitrogens with zero attached hydrogens (tertiary/aromatic N) is 3. The summed E-state index contributed by atoms with van der Waals surface area (Å²) in [5.74, 6) is -1.10. The van der Waals surface area contributed by atoms with Gasteiger partial charge in [0.25, 0.3) is 11.8 Å². The third-order valence-electron chi connectivity index (χ3n) is 6.80. The van der Waals surface area contributed by atoms with Crippen LogP contribution in [0.1, 0.15) is 38.2 Å². The normalized spacial score (nSPS) is 24.3. The number of ether oxygens (including phenoxy) is 4. The molecule has 0 bridgehead atoms. The van der Waals surface area contributed by atoms with Crippen LogP contribution in [0, 0.1) is 34.9 Å². The molecule has 3 unspecified atom stereocenters. The van der Waals surface area contributed by atoms with Crippen molar-refractivity contribution in [1.82, 2.24) is 15.3 Å². The van der Waals surface area contributed by atoms with E-state index in [4.69, 9.17) is 35.8 Å². The average molecular weight is 517 g/mol. The maximum absolute atomic E-state index is 15.4. The van der Waals surface area contributed by atoms with Crippen LogP contribution in [0.5, 0.6) is 17.5 Å². The third-order valence-corrected chi connectivity index (χ3v) is 7.09. The molecule has 1 amide bonds. The van der Waals surface area contributed by atoms with E-state index in [0.29, 0.717) is 24.7 Å². The van der Waals surface area contributed by atoms with Crippen molar-refractivity contribution >= 4 is 17.7 Å². The Kier molecular flexibility index (Phi) is 6.86. The molecule has 0 spiro atoms. The van der Waals surface area contributed by atoms with Crippen molar-refractivity contribution in [2.75, 3.05) is 19.8 Å². The molecule has 1 aromatic heterocycles. The highest BCUT2D eigenvalue weighted by molar-refractivity contribution is 6.32. The van der Waals surface area contributed by atoms with Gasteiger partial charge in [-0.3, -0.25) is 0 Å². The second kappa shape index (κ2) is 10.1. The lowest BCUT2D eigenvalue weighted by atomic mass is 9.86. The maximum atomic E-state index is 15.4. The zero-order chi connectivity index (χ0) is 25.3. The van der Waals surface area contributed by atoms with Crippen LogP contribution in [0.15, 0.2) is 24.5 Å². The van der Waals surface area contributed by atoms with Gasteiger partial charge in [-0.05, 0) is 56.7 Å². The first-order valence-corrected chi connectivity index (χ1v) is 12.3. The van der Waals surface area contributed by atoms with Gasteiger partial charge in [-0.25, -0.2) is 4.79 Å². The van der Waals surface area contributed by atoms with Crippen molar-refractivity contribution in [3.63, 3.8) is 0 Å². The molecule has 2 aliphatic carbocycles. The van der Waals surface area contributed by atoms with Crippen LogP contribution in [0.2, 0.25) is 5.02 Å². The Morgan fingerprint density at radius 1 is 1.31 bits per heavy atom. The van der Waals surface area contributed by atoms with Crippen molar-refractivity contribution in [1.29, 1.82) is 5.26 Å². The van der Waals surface area contributed by atoms with Crippen LogP contribution in [-0.2, 0) is 9.47 Å². The van der Waals surface area contributed by atoms with E-state index >= 15 is 4.39 Å². The predicted octanol–water partition coefficient (Wildman–Crippen LogP) is 4.63. The highest BCUT2D eigenvalue weighted by Crippen LogP contribution is 2.44. The standard InChI is InChI=1S/C25H26ClFN4O5/c1-25(6-7-25)36-24(32)29-10-16-11-33-12-17(15-3-4-15)21(16)35-23-20(27)22(30-13-31-23)34-19-5-2-14(9-28)8-18(19)26/h2,5,8,13,15-17,21H,3-4,6-7,10-12H2,1H3,(H,29,32). The Balaban J connectivity index is 1.31. The van der Waals surface area contributed by atoms with E-state index in [-0.39, 0.29) is 46.5 Å². The van der Waals surface area contributed by atoms with Crippen LogP contribution in [-0.4, -0.2) is 47.5 Å². The Morgan fingerprint density at radius 2 is 2.08 bits per heavy atom. The molecule has 0 radical (unpaired) electrons. The summed E-state index contributed by atoms with van der Waals surface area (Å²) < 4.78 is 38.3. The summed E-state index contributed by atoms with van der Waals surface area (Å²) >= 11 is 6.16. The summed E-state index contributed by atoms with van der Waals surface area (Å²) in [4.78, 5) is 20.1. The fourth-order valence-corrected chi connectivity index (χ4v) is 4.53. The van der Waals surface area contributed by atoms with E-state index in [2.05, 4.69) is 15.3 Å². The van der Waals surface area contributed by atoms with E-state index in [1.54, 1.807) is 0 Å². The van der Waals surface area contributed by atoms with E-state index in [1.807, 2.05) is 13.0 Å². The second-order valence-electron chi connectivity index (χ2n) is 9.76. The van der Waals surface area contributed by atoms with Gasteiger partial charge in [0.1, 0.15) is 23.8 Å². The molecule has 9 nitrogen and oxygen atoms in total. The number of carbonyl (C=O) groups excluding carboxylic acids is 1. The van der Waals surface area contributed by atoms with Gasteiger partial charge in [-0.1, -0.05) is 11.6 Å². The molecule has 5 rings (SSSR count). The van der Waals surface area contributed by atoms with Gasteiger partial charge in [0.15, 0.2) is 0 Å². The number of rotatable bonds is 8. The molecule has 2 saturated carbocycles. The van der Waals surface area contributed by atoms with Crippen molar-refractivity contribution < 1.29 is 28.1 Å². The van der Waals surface area contributed by atoms with E-state index in [9.17, 15) is 4.79 Å². The first kappa shape index (κ1) is 24.5. The summed E-state index contributed by atoms with van der Waals surface area (Å²) in [6.07, 6.45) is 4.04. The van der Waals surface area contributed by atoms with Crippen LogP contribution in [0.4, 0.5) is 9.18 Å². The van der Waals surface area contributed by atoms with Crippen LogP contribution in [0.25, 0.3) is 0 Å². The number of alkyl carbamates (subject to hydrolysis) is 1. The topological polar surface area (TPSA) is 116 Å². The number of halogens is 2. The largest absolute Gasteiger partial charge is 0.471 e. The van der Waals surface area contributed by atoms with Crippen molar-refractivity contribution in [3.8, 4) is 23.6 Å². The number of benzene rings is 1. The molecule has 3 aliphatic rings. The summed E-state index contributed by atoms with van der Waals surface area (Å²) in [6, 6.07) is 6.36. The molecule has 2 aromatic rings. The fourth-order valence-electron chi connectivity index (χ4n) is 4.31. The highest BCUT2D eigenvalue weighted by Gasteiger charge is 2.45. The summed E-state index contributed by atoms with van der Waals surface area (Å²) in [5.41, 5.74) is -0.0299. The van der Waals surface area contributed by atoms with Gasteiger partial charge in [0.05, 0.1) is 29.9 Å². The number of aromatic nitrogens is 2. The molecule has 1 saturated heterocycles. The molecule has 36 heavy (non-hydrogen) atoms. The SMILES string of the molecule is CC1(OC(=O)NCC2COCC(C3CC3)C2Oc2ncnc(Oc3ccc(C#N)cc3Cl)c2F)CC1. The Labute approximate surface area is 212 Å². The minimum Gasteiger partial charge on any atom is -0.471 e. The molecule has 3 atom stereocenters. The van der Waals surface area contributed by atoms with E-state index < -0.39 is 18.0 Å². The zero-order valence-electron chi connectivity index (χ0n) is 19.7. The number of carbonyl (C=O) groups is 1.